The van der Waals surface area contributed by atoms with Crippen LogP contribution in [0.1, 0.15) is 18.4 Å². The first-order chi connectivity index (χ1) is 10.1. The first kappa shape index (κ1) is 13.5. The van der Waals surface area contributed by atoms with Crippen LogP contribution in [0.2, 0.25) is 0 Å². The molecule has 0 saturated carbocycles. The molecule has 3 rings (SSSR count). The quantitative estimate of drug-likeness (QED) is 0.667. The number of anilines is 1. The molecule has 0 radical (unpaired) electrons. The van der Waals surface area contributed by atoms with E-state index in [9.17, 15) is 14.4 Å². The second kappa shape index (κ2) is 5.14. The number of hydrogen-bond acceptors (Lipinski definition) is 4. The van der Waals surface area contributed by atoms with Crippen LogP contribution in [0.25, 0.3) is 6.08 Å². The molecule has 2 unspecified atom stereocenters. The van der Waals surface area contributed by atoms with Crippen LogP contribution < -0.4 is 4.90 Å². The van der Waals surface area contributed by atoms with E-state index >= 15 is 0 Å². The summed E-state index contributed by atoms with van der Waals surface area (Å²) in [6, 6.07) is 6.64. The van der Waals surface area contributed by atoms with Crippen molar-refractivity contribution < 1.29 is 24.2 Å². The van der Waals surface area contributed by atoms with Crippen molar-refractivity contribution >= 4 is 29.5 Å². The van der Waals surface area contributed by atoms with Crippen LogP contribution in [0.4, 0.5) is 5.69 Å². The number of hydrogen-bond donors (Lipinski definition) is 1. The number of aliphatic carboxylic acids is 1. The van der Waals surface area contributed by atoms with Crippen molar-refractivity contribution in [2.45, 2.75) is 25.0 Å². The van der Waals surface area contributed by atoms with Gasteiger partial charge in [0.2, 0.25) is 0 Å². The topological polar surface area (TPSA) is 83.9 Å². The van der Waals surface area contributed by atoms with Crippen LogP contribution in [0.15, 0.2) is 30.3 Å². The second-order valence-corrected chi connectivity index (χ2v) is 4.97. The van der Waals surface area contributed by atoms with E-state index in [0.717, 1.165) is 11.0 Å². The van der Waals surface area contributed by atoms with Crippen molar-refractivity contribution in [3.05, 3.63) is 35.9 Å². The van der Waals surface area contributed by atoms with Gasteiger partial charge in [-0.3, -0.25) is 9.59 Å². The van der Waals surface area contributed by atoms with Gasteiger partial charge in [0, 0.05) is 6.08 Å². The third kappa shape index (κ3) is 2.45. The summed E-state index contributed by atoms with van der Waals surface area (Å²) in [5, 5.41) is 8.63. The largest absolute Gasteiger partial charge is 0.478 e. The monoisotopic (exact) mass is 287 g/mol. The fourth-order valence-electron chi connectivity index (χ4n) is 2.59. The number of carboxylic acid groups (broad SMARTS) is 1. The van der Waals surface area contributed by atoms with E-state index in [1.54, 1.807) is 24.3 Å². The summed E-state index contributed by atoms with van der Waals surface area (Å²) < 4.78 is 5.35. The highest BCUT2D eigenvalue weighted by Gasteiger charge is 2.47. The van der Waals surface area contributed by atoms with Crippen LogP contribution in [0.5, 0.6) is 0 Å². The summed E-state index contributed by atoms with van der Waals surface area (Å²) in [4.78, 5) is 36.2. The molecule has 1 aromatic rings. The van der Waals surface area contributed by atoms with Crippen LogP contribution in [-0.4, -0.2) is 35.1 Å². The maximum Gasteiger partial charge on any atom is 0.328 e. The summed E-state index contributed by atoms with van der Waals surface area (Å²) in [5.41, 5.74) is 1.05. The number of carbonyl (C=O) groups excluding carboxylic acids is 2. The van der Waals surface area contributed by atoms with Crippen molar-refractivity contribution in [2.24, 2.45) is 0 Å². The van der Waals surface area contributed by atoms with Crippen molar-refractivity contribution in [2.75, 3.05) is 4.90 Å². The number of fused-ring (bicyclic) bond motifs is 2. The number of morpholine rings is 1. The van der Waals surface area contributed by atoms with Gasteiger partial charge >= 0.3 is 5.97 Å². The van der Waals surface area contributed by atoms with E-state index in [2.05, 4.69) is 0 Å². The Morgan fingerprint density at radius 1 is 1.24 bits per heavy atom. The van der Waals surface area contributed by atoms with E-state index < -0.39 is 18.2 Å². The summed E-state index contributed by atoms with van der Waals surface area (Å²) in [7, 11) is 0. The van der Waals surface area contributed by atoms with Crippen molar-refractivity contribution in [1.82, 2.24) is 0 Å². The Morgan fingerprint density at radius 3 is 2.52 bits per heavy atom. The Morgan fingerprint density at radius 2 is 1.90 bits per heavy atom. The Kier molecular flexibility index (Phi) is 3.31. The molecule has 6 nitrogen and oxygen atoms in total. The third-order valence-corrected chi connectivity index (χ3v) is 3.56. The fraction of sp³-hybridized carbons (Fsp3) is 0.267. The van der Waals surface area contributed by atoms with Gasteiger partial charge in [-0.25, -0.2) is 9.69 Å². The molecule has 108 valence electrons. The highest BCUT2D eigenvalue weighted by molar-refractivity contribution is 6.19. The average Bonchev–Trinajstić information content (AvgIpc) is 2.91. The molecule has 0 aromatic heterocycles. The zero-order valence-electron chi connectivity index (χ0n) is 11.1. The van der Waals surface area contributed by atoms with Gasteiger partial charge in [-0.2, -0.15) is 0 Å². The Balaban J connectivity index is 1.93. The van der Waals surface area contributed by atoms with Gasteiger partial charge in [-0.15, -0.1) is 0 Å². The number of amides is 2. The first-order valence-corrected chi connectivity index (χ1v) is 6.60. The molecule has 2 aliphatic heterocycles. The highest BCUT2D eigenvalue weighted by Crippen LogP contribution is 2.32. The van der Waals surface area contributed by atoms with Crippen molar-refractivity contribution in [1.29, 1.82) is 0 Å². The van der Waals surface area contributed by atoms with E-state index in [1.807, 2.05) is 0 Å². The molecule has 2 heterocycles. The zero-order valence-corrected chi connectivity index (χ0v) is 11.1. The number of benzene rings is 1. The molecule has 0 aliphatic carbocycles. The summed E-state index contributed by atoms with van der Waals surface area (Å²) in [6.45, 7) is 0. The lowest BCUT2D eigenvalue weighted by Gasteiger charge is -2.30. The zero-order chi connectivity index (χ0) is 15.0. The van der Waals surface area contributed by atoms with Gasteiger partial charge in [0.05, 0.1) is 5.69 Å². The van der Waals surface area contributed by atoms with E-state index in [0.29, 0.717) is 24.1 Å². The van der Waals surface area contributed by atoms with Crippen molar-refractivity contribution in [3.63, 3.8) is 0 Å². The van der Waals surface area contributed by atoms with Crippen LogP contribution in [0.3, 0.4) is 0 Å². The van der Waals surface area contributed by atoms with E-state index in [1.165, 1.54) is 6.08 Å². The number of ether oxygens (including phenoxy) is 1. The van der Waals surface area contributed by atoms with Gasteiger partial charge in [0.1, 0.15) is 12.2 Å². The average molecular weight is 287 g/mol. The molecule has 2 fully saturated rings. The smallest absolute Gasteiger partial charge is 0.328 e. The summed E-state index contributed by atoms with van der Waals surface area (Å²) >= 11 is 0. The Labute approximate surface area is 120 Å². The van der Waals surface area contributed by atoms with Crippen LogP contribution in [-0.2, 0) is 19.1 Å². The van der Waals surface area contributed by atoms with Crippen LogP contribution >= 0.6 is 0 Å². The van der Waals surface area contributed by atoms with Gasteiger partial charge in [0.15, 0.2) is 0 Å². The number of imide groups is 1. The van der Waals surface area contributed by atoms with E-state index in [4.69, 9.17) is 9.84 Å². The standard InChI is InChI=1S/C15H13NO5/c17-13(18)7-4-9-2-1-3-10(8-9)16-14(19)11-5-6-12(21-11)15(16)20/h1-4,7-8,11-12H,5-6H2,(H,17,18)/b7-4+. The predicted octanol–water partition coefficient (Wildman–Crippen LogP) is 1.21. The molecule has 2 atom stereocenters. The second-order valence-electron chi connectivity index (χ2n) is 4.97. The van der Waals surface area contributed by atoms with Gasteiger partial charge in [-0.1, -0.05) is 12.1 Å². The van der Waals surface area contributed by atoms with Gasteiger partial charge in [-0.05, 0) is 36.6 Å². The van der Waals surface area contributed by atoms with E-state index in [-0.39, 0.29) is 11.8 Å². The molecule has 1 N–H and O–H groups in total. The molecule has 2 aliphatic rings. The summed E-state index contributed by atoms with van der Waals surface area (Å²) in [5.74, 6) is -1.77. The number of rotatable bonds is 3. The normalized spacial score (nSPS) is 24.9. The third-order valence-electron chi connectivity index (χ3n) is 3.56. The molecule has 1 aromatic carbocycles. The number of nitrogens with zero attached hydrogens (tertiary/aromatic N) is 1. The minimum atomic E-state index is -1.06. The molecule has 2 bridgehead atoms. The summed E-state index contributed by atoms with van der Waals surface area (Å²) in [6.07, 6.45) is 2.44. The SMILES string of the molecule is O=C(O)/C=C/c1cccc(N2C(=O)C3CCC(O3)C2=O)c1. The lowest BCUT2D eigenvalue weighted by atomic mass is 10.1. The predicted molar refractivity (Wildman–Crippen MR) is 73.5 cm³/mol. The minimum Gasteiger partial charge on any atom is -0.478 e. The molecular formula is C15H13NO5. The lowest BCUT2D eigenvalue weighted by molar-refractivity contribution is -0.146. The molecular weight excluding hydrogens is 274 g/mol. The molecule has 2 amide bonds. The molecule has 0 spiro atoms. The van der Waals surface area contributed by atoms with Gasteiger partial charge < -0.3 is 9.84 Å². The Hall–Kier alpha value is -2.47. The highest BCUT2D eigenvalue weighted by atomic mass is 16.5. The molecule has 2 saturated heterocycles. The van der Waals surface area contributed by atoms with Gasteiger partial charge in [0.25, 0.3) is 11.8 Å². The van der Waals surface area contributed by atoms with Crippen molar-refractivity contribution in [3.8, 4) is 0 Å². The lowest BCUT2D eigenvalue weighted by Crippen LogP contribution is -2.52. The number of carbonyl (C=O) groups is 3. The number of carboxylic acids is 1. The fourth-order valence-corrected chi connectivity index (χ4v) is 2.59. The molecule has 6 heteroatoms. The maximum atomic E-state index is 12.2. The maximum absolute atomic E-state index is 12.2. The molecule has 21 heavy (non-hydrogen) atoms. The Bertz CT molecular complexity index is 629. The minimum absolute atomic E-state index is 0.354. The first-order valence-electron chi connectivity index (χ1n) is 6.60. The van der Waals surface area contributed by atoms with Crippen LogP contribution in [0, 0.1) is 0 Å².